The van der Waals surface area contributed by atoms with Crippen LogP contribution in [0.5, 0.6) is 5.75 Å². The Bertz CT molecular complexity index is 761. The Morgan fingerprint density at radius 1 is 1.10 bits per heavy atom. The van der Waals surface area contributed by atoms with Crippen LogP contribution in [0.4, 0.5) is 0 Å². The molecule has 0 N–H and O–H groups in total. The summed E-state index contributed by atoms with van der Waals surface area (Å²) in [6, 6.07) is 16.9. The maximum absolute atomic E-state index is 5.28. The standard InChI is InChI=1S/C17H16BrNO/c1-12-9-14-5-3-4-6-16(14)19(12)11-13-7-8-17(20-2)15(18)10-13/h3-10H,11H2,1-2H3. The summed E-state index contributed by atoms with van der Waals surface area (Å²) in [7, 11) is 1.68. The third-order valence-electron chi connectivity index (χ3n) is 3.57. The summed E-state index contributed by atoms with van der Waals surface area (Å²) in [4.78, 5) is 0. The topological polar surface area (TPSA) is 14.2 Å². The van der Waals surface area contributed by atoms with Crippen LogP contribution in [0.15, 0.2) is 53.0 Å². The maximum Gasteiger partial charge on any atom is 0.133 e. The molecule has 3 rings (SSSR count). The summed E-state index contributed by atoms with van der Waals surface area (Å²) in [6.45, 7) is 3.01. The van der Waals surface area contributed by atoms with Crippen molar-refractivity contribution in [2.45, 2.75) is 13.5 Å². The van der Waals surface area contributed by atoms with Gasteiger partial charge in [0.05, 0.1) is 11.6 Å². The fraction of sp³-hybridized carbons (Fsp3) is 0.176. The SMILES string of the molecule is COc1ccc(Cn2c(C)cc3ccccc32)cc1Br. The molecular weight excluding hydrogens is 314 g/mol. The van der Waals surface area contributed by atoms with Crippen LogP contribution in [0.2, 0.25) is 0 Å². The van der Waals surface area contributed by atoms with Crippen molar-refractivity contribution in [3.05, 3.63) is 64.3 Å². The van der Waals surface area contributed by atoms with Gasteiger partial charge in [0.2, 0.25) is 0 Å². The Hall–Kier alpha value is -1.74. The van der Waals surface area contributed by atoms with Crippen LogP contribution in [0.25, 0.3) is 10.9 Å². The van der Waals surface area contributed by atoms with E-state index >= 15 is 0 Å². The minimum atomic E-state index is 0.863. The summed E-state index contributed by atoms with van der Waals surface area (Å²) in [5.41, 5.74) is 3.80. The highest BCUT2D eigenvalue weighted by Gasteiger charge is 2.07. The summed E-state index contributed by atoms with van der Waals surface area (Å²) in [6.07, 6.45) is 0. The lowest BCUT2D eigenvalue weighted by Gasteiger charge is -2.10. The molecule has 3 aromatic rings. The van der Waals surface area contributed by atoms with E-state index < -0.39 is 0 Å². The van der Waals surface area contributed by atoms with E-state index in [2.05, 4.69) is 69.9 Å². The van der Waals surface area contributed by atoms with Crippen LogP contribution >= 0.6 is 15.9 Å². The lowest BCUT2D eigenvalue weighted by molar-refractivity contribution is 0.412. The van der Waals surface area contributed by atoms with Crippen LogP contribution in [0.3, 0.4) is 0 Å². The fourth-order valence-corrected chi connectivity index (χ4v) is 3.14. The zero-order chi connectivity index (χ0) is 14.1. The largest absolute Gasteiger partial charge is 0.496 e. The van der Waals surface area contributed by atoms with Crippen LogP contribution in [0.1, 0.15) is 11.3 Å². The summed E-state index contributed by atoms with van der Waals surface area (Å²) >= 11 is 3.55. The van der Waals surface area contributed by atoms with Crippen molar-refractivity contribution in [2.24, 2.45) is 0 Å². The molecule has 0 atom stereocenters. The highest BCUT2D eigenvalue weighted by Crippen LogP contribution is 2.27. The van der Waals surface area contributed by atoms with E-state index in [0.29, 0.717) is 0 Å². The molecule has 0 aliphatic carbocycles. The van der Waals surface area contributed by atoms with Gasteiger partial charge in [-0.2, -0.15) is 0 Å². The molecule has 0 unspecified atom stereocenters. The fourth-order valence-electron chi connectivity index (χ4n) is 2.55. The predicted octanol–water partition coefficient (Wildman–Crippen LogP) is 4.77. The molecule has 2 aromatic carbocycles. The second kappa shape index (κ2) is 5.33. The first-order valence-corrected chi connectivity index (χ1v) is 7.35. The first kappa shape index (κ1) is 13.3. The van der Waals surface area contributed by atoms with E-state index in [9.17, 15) is 0 Å². The van der Waals surface area contributed by atoms with Gasteiger partial charge in [-0.1, -0.05) is 24.3 Å². The van der Waals surface area contributed by atoms with E-state index in [0.717, 1.165) is 16.8 Å². The first-order chi connectivity index (χ1) is 9.69. The minimum absolute atomic E-state index is 0.863. The molecule has 102 valence electrons. The van der Waals surface area contributed by atoms with Crippen LogP contribution in [0, 0.1) is 6.92 Å². The first-order valence-electron chi connectivity index (χ1n) is 6.56. The number of benzene rings is 2. The van der Waals surface area contributed by atoms with Crippen molar-refractivity contribution in [1.82, 2.24) is 4.57 Å². The molecule has 0 radical (unpaired) electrons. The molecule has 0 saturated heterocycles. The van der Waals surface area contributed by atoms with E-state index in [1.165, 1.54) is 22.2 Å². The Labute approximate surface area is 127 Å². The number of rotatable bonds is 3. The molecular formula is C17H16BrNO. The Morgan fingerprint density at radius 2 is 1.90 bits per heavy atom. The second-order valence-corrected chi connectivity index (χ2v) is 5.75. The number of aryl methyl sites for hydroxylation is 1. The predicted molar refractivity (Wildman–Crippen MR) is 86.5 cm³/mol. The van der Waals surface area contributed by atoms with Gasteiger partial charge in [-0.05, 0) is 58.1 Å². The van der Waals surface area contributed by atoms with Crippen LogP contribution in [-0.2, 0) is 6.54 Å². The van der Waals surface area contributed by atoms with Crippen molar-refractivity contribution in [3.8, 4) is 5.75 Å². The molecule has 0 fully saturated rings. The molecule has 20 heavy (non-hydrogen) atoms. The maximum atomic E-state index is 5.28. The van der Waals surface area contributed by atoms with E-state index in [4.69, 9.17) is 4.74 Å². The molecule has 0 aliphatic heterocycles. The summed E-state index contributed by atoms with van der Waals surface area (Å²) < 4.78 is 8.60. The Kier molecular flexibility index (Phi) is 3.53. The number of aromatic nitrogens is 1. The molecule has 0 saturated carbocycles. The molecule has 2 nitrogen and oxygen atoms in total. The third kappa shape index (κ3) is 2.34. The quantitative estimate of drug-likeness (QED) is 0.675. The number of halogens is 1. The molecule has 1 heterocycles. The van der Waals surface area contributed by atoms with Gasteiger partial charge in [-0.15, -0.1) is 0 Å². The number of fused-ring (bicyclic) bond motifs is 1. The normalized spacial score (nSPS) is 10.9. The number of hydrogen-bond donors (Lipinski definition) is 0. The molecule has 0 amide bonds. The molecule has 3 heteroatoms. The van der Waals surface area contributed by atoms with Gasteiger partial charge in [0.1, 0.15) is 5.75 Å². The van der Waals surface area contributed by atoms with Crippen molar-refractivity contribution in [1.29, 1.82) is 0 Å². The van der Waals surface area contributed by atoms with Gasteiger partial charge < -0.3 is 9.30 Å². The van der Waals surface area contributed by atoms with Crippen molar-refractivity contribution in [2.75, 3.05) is 7.11 Å². The van der Waals surface area contributed by atoms with E-state index in [1.807, 2.05) is 6.07 Å². The molecule has 0 bridgehead atoms. The molecule has 0 spiro atoms. The third-order valence-corrected chi connectivity index (χ3v) is 4.19. The Morgan fingerprint density at radius 3 is 2.65 bits per heavy atom. The lowest BCUT2D eigenvalue weighted by atomic mass is 10.2. The van der Waals surface area contributed by atoms with Gasteiger partial charge in [-0.3, -0.25) is 0 Å². The van der Waals surface area contributed by atoms with Crippen LogP contribution in [-0.4, -0.2) is 11.7 Å². The van der Waals surface area contributed by atoms with E-state index in [1.54, 1.807) is 7.11 Å². The van der Waals surface area contributed by atoms with E-state index in [-0.39, 0.29) is 0 Å². The lowest BCUT2D eigenvalue weighted by Crippen LogP contribution is -2.01. The average Bonchev–Trinajstić information content (AvgIpc) is 2.76. The smallest absolute Gasteiger partial charge is 0.133 e. The highest BCUT2D eigenvalue weighted by molar-refractivity contribution is 9.10. The average molecular weight is 330 g/mol. The van der Waals surface area contributed by atoms with Gasteiger partial charge in [0.15, 0.2) is 0 Å². The monoisotopic (exact) mass is 329 g/mol. The van der Waals surface area contributed by atoms with Crippen molar-refractivity contribution >= 4 is 26.8 Å². The highest BCUT2D eigenvalue weighted by atomic mass is 79.9. The zero-order valence-electron chi connectivity index (χ0n) is 11.6. The minimum Gasteiger partial charge on any atom is -0.496 e. The number of para-hydroxylation sites is 1. The van der Waals surface area contributed by atoms with Crippen molar-refractivity contribution < 1.29 is 4.74 Å². The zero-order valence-corrected chi connectivity index (χ0v) is 13.1. The number of nitrogens with zero attached hydrogens (tertiary/aromatic N) is 1. The summed E-state index contributed by atoms with van der Waals surface area (Å²) in [5.74, 6) is 0.864. The van der Waals surface area contributed by atoms with Crippen molar-refractivity contribution in [3.63, 3.8) is 0 Å². The molecule has 0 aliphatic rings. The summed E-state index contributed by atoms with van der Waals surface area (Å²) in [5, 5.41) is 1.29. The van der Waals surface area contributed by atoms with Crippen LogP contribution < -0.4 is 4.74 Å². The van der Waals surface area contributed by atoms with Gasteiger partial charge in [0.25, 0.3) is 0 Å². The number of ether oxygens (including phenoxy) is 1. The Balaban J connectivity index is 2.01. The van der Waals surface area contributed by atoms with Gasteiger partial charge in [-0.25, -0.2) is 0 Å². The molecule has 1 aromatic heterocycles. The number of hydrogen-bond acceptors (Lipinski definition) is 1. The second-order valence-electron chi connectivity index (χ2n) is 4.90. The van der Waals surface area contributed by atoms with Gasteiger partial charge >= 0.3 is 0 Å². The van der Waals surface area contributed by atoms with Gasteiger partial charge in [0, 0.05) is 17.8 Å². The number of methoxy groups -OCH3 is 1.